The molecule has 0 bridgehead atoms. The van der Waals surface area contributed by atoms with E-state index in [2.05, 4.69) is 29.5 Å². The number of rotatable bonds is 9. The van der Waals surface area contributed by atoms with Gasteiger partial charge in [0, 0.05) is 0 Å². The van der Waals surface area contributed by atoms with Gasteiger partial charge in [-0.05, 0) is 10.8 Å². The molecule has 0 aliphatic carbocycles. The molecule has 1 heteroatoms. The smallest absolute Gasteiger partial charge is 0.000473 e. The predicted octanol–water partition coefficient (Wildman–Crippen LogP) is 4.77. The van der Waals surface area contributed by atoms with Crippen molar-refractivity contribution in [2.75, 3.05) is 4.43 Å². The summed E-state index contributed by atoms with van der Waals surface area (Å²) in [5.41, 5.74) is 0. The minimum atomic E-state index is 1.12. The molecule has 0 rings (SSSR count). The van der Waals surface area contributed by atoms with E-state index >= 15 is 0 Å². The minimum Gasteiger partial charge on any atom is -0.0864 e. The fourth-order valence-corrected chi connectivity index (χ4v) is 1.87. The fraction of sp³-hybridized carbons (Fsp3) is 0.909. The number of unbranched alkanes of at least 4 members (excludes halogenated alkanes) is 8. The van der Waals surface area contributed by atoms with Crippen molar-refractivity contribution in [2.24, 2.45) is 0 Å². The van der Waals surface area contributed by atoms with Crippen molar-refractivity contribution in [1.82, 2.24) is 0 Å². The van der Waals surface area contributed by atoms with E-state index in [-0.39, 0.29) is 0 Å². The largest absolute Gasteiger partial charge is 0.0864 e. The highest BCUT2D eigenvalue weighted by Gasteiger charge is 1.90. The van der Waals surface area contributed by atoms with Gasteiger partial charge in [-0.25, -0.2) is 0 Å². The highest BCUT2D eigenvalue weighted by atomic mass is 127. The average Bonchev–Trinajstić information content (AvgIpc) is 2.10. The zero-order valence-corrected chi connectivity index (χ0v) is 10.3. The molecular formula is C11H22I. The van der Waals surface area contributed by atoms with Crippen LogP contribution in [0.5, 0.6) is 0 Å². The van der Waals surface area contributed by atoms with Gasteiger partial charge in [0.15, 0.2) is 0 Å². The summed E-state index contributed by atoms with van der Waals surface area (Å²) in [6.07, 6.45) is 12.5. The molecule has 0 aromatic heterocycles. The summed E-state index contributed by atoms with van der Waals surface area (Å²) in [7, 11) is 0. The molecule has 0 aliphatic rings. The predicted molar refractivity (Wildman–Crippen MR) is 65.8 cm³/mol. The van der Waals surface area contributed by atoms with Gasteiger partial charge in [0.2, 0.25) is 0 Å². The Balaban J connectivity index is 2.73. The quantitative estimate of drug-likeness (QED) is 0.324. The maximum absolute atomic E-state index is 3.84. The Morgan fingerprint density at radius 3 is 1.50 bits per heavy atom. The fourth-order valence-electron chi connectivity index (χ4n) is 1.33. The molecule has 0 fully saturated rings. The SMILES string of the molecule is [CH2]CCCCCCCCCCI. The summed E-state index contributed by atoms with van der Waals surface area (Å²) in [5.74, 6) is 0. The lowest BCUT2D eigenvalue weighted by Crippen LogP contribution is -1.81. The first-order valence-electron chi connectivity index (χ1n) is 5.27. The Hall–Kier alpha value is 0.730. The first-order valence-corrected chi connectivity index (χ1v) is 6.79. The summed E-state index contributed by atoms with van der Waals surface area (Å²) >= 11 is 2.46. The van der Waals surface area contributed by atoms with Crippen LogP contribution in [0.25, 0.3) is 0 Å². The van der Waals surface area contributed by atoms with Crippen molar-refractivity contribution in [2.45, 2.75) is 57.8 Å². The van der Waals surface area contributed by atoms with E-state index < -0.39 is 0 Å². The van der Waals surface area contributed by atoms with E-state index in [4.69, 9.17) is 0 Å². The molecule has 0 saturated heterocycles. The molecular weight excluding hydrogens is 259 g/mol. The number of hydrogen-bond donors (Lipinski definition) is 0. The molecule has 0 aromatic rings. The van der Waals surface area contributed by atoms with Crippen LogP contribution in [0.3, 0.4) is 0 Å². The molecule has 0 aromatic carbocycles. The van der Waals surface area contributed by atoms with E-state index in [0.29, 0.717) is 0 Å². The van der Waals surface area contributed by atoms with Crippen LogP contribution in [-0.2, 0) is 0 Å². The van der Waals surface area contributed by atoms with Gasteiger partial charge in [-0.3, -0.25) is 0 Å². The Bertz CT molecular complexity index is 61.4. The standard InChI is InChI=1S/C11H22I/c1-2-3-4-5-6-7-8-9-10-11-12/h1-11H2. The summed E-state index contributed by atoms with van der Waals surface area (Å²) in [4.78, 5) is 0. The van der Waals surface area contributed by atoms with Gasteiger partial charge >= 0.3 is 0 Å². The van der Waals surface area contributed by atoms with Gasteiger partial charge < -0.3 is 0 Å². The van der Waals surface area contributed by atoms with Crippen molar-refractivity contribution < 1.29 is 0 Å². The van der Waals surface area contributed by atoms with Crippen LogP contribution < -0.4 is 0 Å². The number of alkyl halides is 1. The van der Waals surface area contributed by atoms with Crippen molar-refractivity contribution in [1.29, 1.82) is 0 Å². The molecule has 0 aliphatic heterocycles. The maximum atomic E-state index is 3.84. The van der Waals surface area contributed by atoms with Crippen LogP contribution in [-0.4, -0.2) is 4.43 Å². The normalized spacial score (nSPS) is 10.5. The van der Waals surface area contributed by atoms with Crippen molar-refractivity contribution >= 4 is 22.6 Å². The molecule has 0 saturated carbocycles. The second kappa shape index (κ2) is 11.7. The Labute approximate surface area is 91.7 Å². The molecule has 0 heterocycles. The van der Waals surface area contributed by atoms with Crippen LogP contribution in [0.2, 0.25) is 0 Å². The van der Waals surface area contributed by atoms with Gasteiger partial charge in [-0.15, -0.1) is 0 Å². The third-order valence-electron chi connectivity index (χ3n) is 2.13. The third kappa shape index (κ3) is 10.7. The van der Waals surface area contributed by atoms with Gasteiger partial charge in [0.05, 0.1) is 0 Å². The lowest BCUT2D eigenvalue weighted by Gasteiger charge is -1.99. The zero-order chi connectivity index (χ0) is 9.07. The molecule has 73 valence electrons. The van der Waals surface area contributed by atoms with Gasteiger partial charge in [-0.1, -0.05) is 80.9 Å². The van der Waals surface area contributed by atoms with Crippen molar-refractivity contribution in [3.05, 3.63) is 6.92 Å². The second-order valence-corrected chi connectivity index (χ2v) is 4.45. The van der Waals surface area contributed by atoms with E-state index in [1.54, 1.807) is 0 Å². The summed E-state index contributed by atoms with van der Waals surface area (Å²) in [6, 6.07) is 0. The zero-order valence-electron chi connectivity index (χ0n) is 8.16. The van der Waals surface area contributed by atoms with Crippen LogP contribution in [0.1, 0.15) is 57.8 Å². The van der Waals surface area contributed by atoms with E-state index in [1.165, 1.54) is 55.8 Å². The average molecular weight is 281 g/mol. The number of hydrogen-bond acceptors (Lipinski definition) is 0. The van der Waals surface area contributed by atoms with E-state index in [9.17, 15) is 0 Å². The Kier molecular flexibility index (Phi) is 12.4. The van der Waals surface area contributed by atoms with Crippen LogP contribution in [0.15, 0.2) is 0 Å². The van der Waals surface area contributed by atoms with Crippen LogP contribution >= 0.6 is 22.6 Å². The molecule has 0 nitrogen and oxygen atoms in total. The molecule has 1 radical (unpaired) electrons. The summed E-state index contributed by atoms with van der Waals surface area (Å²) in [5, 5.41) is 0. The highest BCUT2D eigenvalue weighted by Crippen LogP contribution is 2.09. The van der Waals surface area contributed by atoms with Gasteiger partial charge in [0.25, 0.3) is 0 Å². The third-order valence-corrected chi connectivity index (χ3v) is 2.90. The first kappa shape index (κ1) is 12.7. The lowest BCUT2D eigenvalue weighted by molar-refractivity contribution is 0.579. The molecule has 0 atom stereocenters. The lowest BCUT2D eigenvalue weighted by atomic mass is 10.1. The van der Waals surface area contributed by atoms with Crippen molar-refractivity contribution in [3.8, 4) is 0 Å². The number of halogens is 1. The maximum Gasteiger partial charge on any atom is -0.000473 e. The van der Waals surface area contributed by atoms with E-state index in [1.807, 2.05) is 0 Å². The van der Waals surface area contributed by atoms with Gasteiger partial charge in [0.1, 0.15) is 0 Å². The molecule has 0 N–H and O–H groups in total. The van der Waals surface area contributed by atoms with Crippen molar-refractivity contribution in [3.63, 3.8) is 0 Å². The van der Waals surface area contributed by atoms with Crippen LogP contribution in [0.4, 0.5) is 0 Å². The monoisotopic (exact) mass is 281 g/mol. The topological polar surface area (TPSA) is 0 Å². The Morgan fingerprint density at radius 2 is 1.08 bits per heavy atom. The summed E-state index contributed by atoms with van der Waals surface area (Å²) in [6.45, 7) is 3.84. The van der Waals surface area contributed by atoms with Gasteiger partial charge in [-0.2, -0.15) is 0 Å². The van der Waals surface area contributed by atoms with Crippen LogP contribution in [0, 0.1) is 6.92 Å². The van der Waals surface area contributed by atoms with E-state index in [0.717, 1.165) is 6.42 Å². The highest BCUT2D eigenvalue weighted by molar-refractivity contribution is 14.1. The molecule has 0 spiro atoms. The summed E-state index contributed by atoms with van der Waals surface area (Å²) < 4.78 is 1.33. The first-order chi connectivity index (χ1) is 5.91. The second-order valence-electron chi connectivity index (χ2n) is 3.37. The molecule has 12 heavy (non-hydrogen) atoms. The minimum absolute atomic E-state index is 1.12. The molecule has 0 amide bonds. The Morgan fingerprint density at radius 1 is 0.667 bits per heavy atom. The molecule has 0 unspecified atom stereocenters.